The number of rotatable bonds is 6. The van der Waals surface area contributed by atoms with E-state index < -0.39 is 45.1 Å². The van der Waals surface area contributed by atoms with Crippen LogP contribution in [0.5, 0.6) is 0 Å². The number of hydrogen-bond donors (Lipinski definition) is 2. The standard InChI is InChI=1S/C24H28F6N6O4S2/c1-21(2)19(37)31-7-8-34(21)13-16-14-35(42(39,40)18-6-4-3-5-17(18)41)9-10-36(16)20-32-11-15(12-33-20)22(38,23(25,26)27)24(28,29)30/h3-4,6,11-12,16,38H,5,7-10,13-14H2,1-2H3,(H,31,37)/t16-/m0/s1. The molecule has 0 spiro atoms. The number of amides is 1. The molecule has 2 N–H and O–H groups in total. The highest BCUT2D eigenvalue weighted by atomic mass is 32.2. The SMILES string of the molecule is CC1(C)C(=O)NCCN1C[C@H]1CN(S(=O)(=O)C2=CC=CCC2=S)CCN1c1ncc(C(O)(C(F)(F)F)C(F)(F)F)cn1. The molecule has 3 heterocycles. The second-order valence-electron chi connectivity index (χ2n) is 10.5. The van der Waals surface area contributed by atoms with E-state index in [1.165, 1.54) is 15.3 Å². The number of nitrogens with zero attached hydrogens (tertiary/aromatic N) is 5. The minimum absolute atomic E-state index is 0.0379. The maximum atomic E-state index is 13.5. The fourth-order valence-electron chi connectivity index (χ4n) is 5.02. The third-order valence-corrected chi connectivity index (χ3v) is 10.1. The number of nitrogens with one attached hydrogen (secondary N) is 1. The Kier molecular flexibility index (Phi) is 8.53. The lowest BCUT2D eigenvalue weighted by Gasteiger charge is -2.47. The van der Waals surface area contributed by atoms with E-state index in [0.717, 1.165) is 0 Å². The fourth-order valence-corrected chi connectivity index (χ4v) is 7.09. The van der Waals surface area contributed by atoms with Crippen LogP contribution in [0.3, 0.4) is 0 Å². The molecule has 0 aromatic carbocycles. The Hall–Kier alpha value is -2.67. The van der Waals surface area contributed by atoms with Gasteiger partial charge in [-0.15, -0.1) is 0 Å². The van der Waals surface area contributed by atoms with Gasteiger partial charge in [-0.1, -0.05) is 24.4 Å². The van der Waals surface area contributed by atoms with Crippen LogP contribution in [0, 0.1) is 0 Å². The quantitative estimate of drug-likeness (QED) is 0.355. The second-order valence-corrected chi connectivity index (χ2v) is 12.9. The highest BCUT2D eigenvalue weighted by molar-refractivity contribution is 7.96. The van der Waals surface area contributed by atoms with Crippen molar-refractivity contribution in [2.75, 3.05) is 44.2 Å². The van der Waals surface area contributed by atoms with Crippen molar-refractivity contribution in [3.05, 3.63) is 41.1 Å². The molecule has 42 heavy (non-hydrogen) atoms. The molecule has 0 bridgehead atoms. The predicted octanol–water partition coefficient (Wildman–Crippen LogP) is 2.03. The summed E-state index contributed by atoms with van der Waals surface area (Å²) in [5, 5.41) is 12.4. The van der Waals surface area contributed by atoms with Crippen molar-refractivity contribution in [2.24, 2.45) is 0 Å². The minimum Gasteiger partial charge on any atom is -0.369 e. The summed E-state index contributed by atoms with van der Waals surface area (Å²) in [4.78, 5) is 23.5. The van der Waals surface area contributed by atoms with Gasteiger partial charge in [-0.25, -0.2) is 18.4 Å². The molecule has 2 saturated heterocycles. The first-order valence-electron chi connectivity index (χ1n) is 12.7. The van der Waals surface area contributed by atoms with Crippen LogP contribution in [0.15, 0.2) is 35.5 Å². The molecule has 2 fully saturated rings. The molecule has 1 atom stereocenters. The van der Waals surface area contributed by atoms with E-state index >= 15 is 0 Å². The smallest absolute Gasteiger partial charge is 0.369 e. The van der Waals surface area contributed by atoms with E-state index in [1.54, 1.807) is 30.9 Å². The van der Waals surface area contributed by atoms with Gasteiger partial charge in [0.15, 0.2) is 0 Å². The summed E-state index contributed by atoms with van der Waals surface area (Å²) in [7, 11) is -4.06. The molecule has 1 aromatic heterocycles. The highest BCUT2D eigenvalue weighted by Crippen LogP contribution is 2.49. The van der Waals surface area contributed by atoms with Gasteiger partial charge in [0.2, 0.25) is 21.9 Å². The predicted molar refractivity (Wildman–Crippen MR) is 143 cm³/mol. The molecule has 1 amide bonds. The summed E-state index contributed by atoms with van der Waals surface area (Å²) in [5.74, 6) is -0.550. The van der Waals surface area contributed by atoms with Crippen LogP contribution < -0.4 is 10.2 Å². The van der Waals surface area contributed by atoms with Crippen molar-refractivity contribution in [3.8, 4) is 0 Å². The average molecular weight is 643 g/mol. The van der Waals surface area contributed by atoms with Crippen LogP contribution >= 0.6 is 12.2 Å². The highest BCUT2D eigenvalue weighted by Gasteiger charge is 2.71. The van der Waals surface area contributed by atoms with E-state index in [9.17, 15) is 44.7 Å². The minimum atomic E-state index is -6.11. The molecule has 1 aliphatic carbocycles. The maximum absolute atomic E-state index is 13.5. The summed E-state index contributed by atoms with van der Waals surface area (Å²) < 4.78 is 108. The molecular weight excluding hydrogens is 614 g/mol. The van der Waals surface area contributed by atoms with Gasteiger partial charge in [0.1, 0.15) is 0 Å². The first-order valence-corrected chi connectivity index (χ1v) is 14.5. The lowest BCUT2D eigenvalue weighted by molar-refractivity contribution is -0.376. The molecule has 1 aromatic rings. The maximum Gasteiger partial charge on any atom is 0.430 e. The molecule has 18 heteroatoms. The summed E-state index contributed by atoms with van der Waals surface area (Å²) in [5.41, 5.74) is -7.83. The Morgan fingerprint density at radius 3 is 2.29 bits per heavy atom. The molecule has 232 valence electrons. The normalized spacial score (nSPS) is 23.1. The summed E-state index contributed by atoms with van der Waals surface area (Å²) >= 11 is 5.25. The molecular formula is C24H28F6N6O4S2. The first-order chi connectivity index (χ1) is 19.3. The van der Waals surface area contributed by atoms with Crippen molar-refractivity contribution in [1.82, 2.24) is 24.5 Å². The van der Waals surface area contributed by atoms with Crippen LogP contribution in [0.4, 0.5) is 32.3 Å². The van der Waals surface area contributed by atoms with Gasteiger partial charge in [-0.3, -0.25) is 9.69 Å². The van der Waals surface area contributed by atoms with Crippen molar-refractivity contribution in [3.63, 3.8) is 0 Å². The molecule has 10 nitrogen and oxygen atoms in total. The molecule has 0 radical (unpaired) electrons. The van der Waals surface area contributed by atoms with E-state index in [1.807, 2.05) is 0 Å². The number of aromatic nitrogens is 2. The zero-order valence-corrected chi connectivity index (χ0v) is 24.0. The lowest BCUT2D eigenvalue weighted by atomic mass is 9.95. The Morgan fingerprint density at radius 1 is 1.10 bits per heavy atom. The fraction of sp³-hybridized carbons (Fsp3) is 0.583. The largest absolute Gasteiger partial charge is 0.430 e. The Balaban J connectivity index is 1.69. The number of carbonyl (C=O) groups excluding carboxylic acids is 1. The zero-order valence-electron chi connectivity index (χ0n) is 22.4. The zero-order chi connectivity index (χ0) is 31.3. The van der Waals surface area contributed by atoms with E-state index in [0.29, 0.717) is 13.1 Å². The molecule has 3 aliphatic rings. The van der Waals surface area contributed by atoms with Crippen LogP contribution in [0.1, 0.15) is 25.8 Å². The summed E-state index contributed by atoms with van der Waals surface area (Å²) in [6.45, 7) is 3.75. The number of aliphatic hydroxyl groups is 1. The Labute approximate surface area is 243 Å². The van der Waals surface area contributed by atoms with E-state index in [4.69, 9.17) is 12.2 Å². The average Bonchev–Trinajstić information content (AvgIpc) is 2.90. The number of thiocarbonyl (C=S) groups is 1. The lowest BCUT2D eigenvalue weighted by Crippen LogP contribution is -2.66. The number of hydrogen-bond acceptors (Lipinski definition) is 9. The Bertz CT molecular complexity index is 1380. The number of anilines is 1. The summed E-state index contributed by atoms with van der Waals surface area (Å²) in [6.07, 6.45) is -6.77. The van der Waals surface area contributed by atoms with Crippen LogP contribution in [0.2, 0.25) is 0 Å². The third kappa shape index (κ3) is 5.66. The number of halogens is 6. The number of carbonyl (C=O) groups is 1. The topological polar surface area (TPSA) is 119 Å². The van der Waals surface area contributed by atoms with E-state index in [-0.39, 0.29) is 66.6 Å². The molecule has 0 saturated carbocycles. The number of piperazine rings is 2. The van der Waals surface area contributed by atoms with Gasteiger partial charge in [0.05, 0.1) is 16.5 Å². The number of sulfonamides is 1. The van der Waals surface area contributed by atoms with Gasteiger partial charge < -0.3 is 15.3 Å². The van der Waals surface area contributed by atoms with Crippen LogP contribution in [-0.2, 0) is 20.4 Å². The molecule has 0 unspecified atom stereocenters. The second kappa shape index (κ2) is 11.1. The van der Waals surface area contributed by atoms with Crippen molar-refractivity contribution in [1.29, 1.82) is 0 Å². The summed E-state index contributed by atoms with van der Waals surface area (Å²) in [6, 6.07) is -0.776. The number of allylic oxidation sites excluding steroid dienone is 4. The van der Waals surface area contributed by atoms with E-state index in [2.05, 4.69) is 15.3 Å². The van der Waals surface area contributed by atoms with Crippen LogP contribution in [0.25, 0.3) is 0 Å². The van der Waals surface area contributed by atoms with Gasteiger partial charge in [0.25, 0.3) is 5.60 Å². The van der Waals surface area contributed by atoms with Crippen molar-refractivity contribution in [2.45, 2.75) is 49.8 Å². The third-order valence-electron chi connectivity index (χ3n) is 7.60. The van der Waals surface area contributed by atoms with Gasteiger partial charge in [-0.2, -0.15) is 30.6 Å². The van der Waals surface area contributed by atoms with Gasteiger partial charge in [0, 0.05) is 68.5 Å². The van der Waals surface area contributed by atoms with Crippen LogP contribution in [-0.4, -0.2) is 107 Å². The van der Waals surface area contributed by atoms with Crippen molar-refractivity contribution >= 4 is 39.0 Å². The first kappa shape index (κ1) is 32.2. The van der Waals surface area contributed by atoms with Gasteiger partial charge in [-0.05, 0) is 19.9 Å². The number of alkyl halides is 6. The van der Waals surface area contributed by atoms with Gasteiger partial charge >= 0.3 is 12.4 Å². The monoisotopic (exact) mass is 642 g/mol. The Morgan fingerprint density at radius 2 is 1.71 bits per heavy atom. The van der Waals surface area contributed by atoms with Crippen molar-refractivity contribution < 1.29 is 44.7 Å². The molecule has 2 aliphatic heterocycles. The molecule has 4 rings (SSSR count).